The molecule has 0 amide bonds. The SMILES string of the molecule is CCNC(=NCc1ccc(-n2nc(C)cc2C)nc1)NCC(CC)CC. The molecule has 0 bridgehead atoms. The van der Waals surface area contributed by atoms with Crippen molar-refractivity contribution in [1.82, 2.24) is 25.4 Å². The van der Waals surface area contributed by atoms with Crippen LogP contribution < -0.4 is 10.6 Å². The van der Waals surface area contributed by atoms with Crippen molar-refractivity contribution in [3.63, 3.8) is 0 Å². The molecule has 2 N–H and O–H groups in total. The van der Waals surface area contributed by atoms with Gasteiger partial charge in [-0.2, -0.15) is 5.10 Å². The van der Waals surface area contributed by atoms with E-state index in [1.807, 2.05) is 36.9 Å². The van der Waals surface area contributed by atoms with Crippen molar-refractivity contribution in [2.24, 2.45) is 10.9 Å². The maximum absolute atomic E-state index is 4.68. The first-order valence-corrected chi connectivity index (χ1v) is 9.58. The molecule has 6 nitrogen and oxygen atoms in total. The fraction of sp³-hybridized carbons (Fsp3) is 0.550. The molecule has 0 atom stereocenters. The normalized spacial score (nSPS) is 11.8. The number of nitrogens with one attached hydrogen (secondary N) is 2. The van der Waals surface area contributed by atoms with E-state index in [0.717, 1.165) is 41.8 Å². The van der Waals surface area contributed by atoms with Gasteiger partial charge in [-0.25, -0.2) is 14.7 Å². The first-order chi connectivity index (χ1) is 12.6. The van der Waals surface area contributed by atoms with Crippen LogP contribution in [0, 0.1) is 19.8 Å². The Bertz CT molecular complexity index is 698. The number of nitrogens with zero attached hydrogens (tertiary/aromatic N) is 4. The number of guanidine groups is 1. The first-order valence-electron chi connectivity index (χ1n) is 9.58. The second-order valence-electron chi connectivity index (χ2n) is 6.62. The lowest BCUT2D eigenvalue weighted by atomic mass is 10.0. The number of hydrogen-bond acceptors (Lipinski definition) is 3. The number of aliphatic imine (C=N–C) groups is 1. The number of aromatic nitrogens is 3. The van der Waals surface area contributed by atoms with Gasteiger partial charge in [-0.05, 0) is 44.4 Å². The van der Waals surface area contributed by atoms with Crippen LogP contribution in [0.5, 0.6) is 0 Å². The van der Waals surface area contributed by atoms with E-state index >= 15 is 0 Å². The van der Waals surface area contributed by atoms with Gasteiger partial charge in [-0.3, -0.25) is 0 Å². The van der Waals surface area contributed by atoms with Gasteiger partial charge in [0.05, 0.1) is 12.2 Å². The smallest absolute Gasteiger partial charge is 0.191 e. The van der Waals surface area contributed by atoms with Crippen molar-refractivity contribution in [1.29, 1.82) is 0 Å². The highest BCUT2D eigenvalue weighted by Crippen LogP contribution is 2.11. The lowest BCUT2D eigenvalue weighted by molar-refractivity contribution is 0.481. The van der Waals surface area contributed by atoms with E-state index in [0.29, 0.717) is 12.5 Å². The summed E-state index contributed by atoms with van der Waals surface area (Å²) in [5.41, 5.74) is 3.16. The molecule has 0 aliphatic carbocycles. The van der Waals surface area contributed by atoms with Gasteiger partial charge in [-0.1, -0.05) is 32.8 Å². The fourth-order valence-electron chi connectivity index (χ4n) is 2.83. The van der Waals surface area contributed by atoms with Crippen molar-refractivity contribution >= 4 is 5.96 Å². The largest absolute Gasteiger partial charge is 0.357 e. The van der Waals surface area contributed by atoms with Crippen LogP contribution in [0.25, 0.3) is 5.82 Å². The third-order valence-corrected chi connectivity index (χ3v) is 4.51. The molecule has 0 radical (unpaired) electrons. The van der Waals surface area contributed by atoms with Crippen molar-refractivity contribution in [3.8, 4) is 5.82 Å². The summed E-state index contributed by atoms with van der Waals surface area (Å²) in [6.07, 6.45) is 4.24. The zero-order valence-electron chi connectivity index (χ0n) is 16.7. The van der Waals surface area contributed by atoms with E-state index in [9.17, 15) is 0 Å². The van der Waals surface area contributed by atoms with Crippen molar-refractivity contribution < 1.29 is 0 Å². The monoisotopic (exact) mass is 356 g/mol. The molecular weight excluding hydrogens is 324 g/mol. The molecule has 142 valence electrons. The van der Waals surface area contributed by atoms with Gasteiger partial charge in [-0.15, -0.1) is 0 Å². The van der Waals surface area contributed by atoms with Gasteiger partial charge in [0.15, 0.2) is 11.8 Å². The molecule has 0 aromatic carbocycles. The summed E-state index contributed by atoms with van der Waals surface area (Å²) in [4.78, 5) is 9.22. The van der Waals surface area contributed by atoms with Gasteiger partial charge < -0.3 is 10.6 Å². The van der Waals surface area contributed by atoms with Crippen LogP contribution in [-0.2, 0) is 6.54 Å². The fourth-order valence-corrected chi connectivity index (χ4v) is 2.83. The Hall–Kier alpha value is -2.37. The molecule has 6 heteroatoms. The van der Waals surface area contributed by atoms with E-state index < -0.39 is 0 Å². The Morgan fingerprint density at radius 2 is 1.92 bits per heavy atom. The summed E-state index contributed by atoms with van der Waals surface area (Å²) < 4.78 is 1.86. The Kier molecular flexibility index (Phi) is 7.63. The zero-order valence-corrected chi connectivity index (χ0v) is 16.7. The third kappa shape index (κ3) is 5.58. The predicted molar refractivity (Wildman–Crippen MR) is 108 cm³/mol. The van der Waals surface area contributed by atoms with E-state index in [2.05, 4.69) is 52.5 Å². The zero-order chi connectivity index (χ0) is 18.9. The van der Waals surface area contributed by atoms with Crippen LogP contribution >= 0.6 is 0 Å². The minimum absolute atomic E-state index is 0.600. The van der Waals surface area contributed by atoms with Crippen LogP contribution in [-0.4, -0.2) is 33.8 Å². The highest BCUT2D eigenvalue weighted by atomic mass is 15.3. The average molecular weight is 357 g/mol. The molecule has 0 unspecified atom stereocenters. The second-order valence-corrected chi connectivity index (χ2v) is 6.62. The Balaban J connectivity index is 2.01. The highest BCUT2D eigenvalue weighted by molar-refractivity contribution is 5.79. The van der Waals surface area contributed by atoms with Crippen LogP contribution in [0.4, 0.5) is 0 Å². The summed E-state index contributed by atoms with van der Waals surface area (Å²) in [6, 6.07) is 6.11. The number of hydrogen-bond donors (Lipinski definition) is 2. The topological polar surface area (TPSA) is 67.1 Å². The van der Waals surface area contributed by atoms with Gasteiger partial charge in [0.2, 0.25) is 0 Å². The van der Waals surface area contributed by atoms with Crippen molar-refractivity contribution in [3.05, 3.63) is 41.3 Å². The average Bonchev–Trinajstić information content (AvgIpc) is 2.99. The lowest BCUT2D eigenvalue weighted by Crippen LogP contribution is -2.39. The maximum atomic E-state index is 4.68. The van der Waals surface area contributed by atoms with Crippen molar-refractivity contribution in [2.45, 2.75) is 54.0 Å². The summed E-state index contributed by atoms with van der Waals surface area (Å²) in [6.45, 7) is 13.0. The third-order valence-electron chi connectivity index (χ3n) is 4.51. The molecule has 0 saturated heterocycles. The molecule has 2 rings (SSSR count). The lowest BCUT2D eigenvalue weighted by Gasteiger charge is -2.16. The van der Waals surface area contributed by atoms with Crippen LogP contribution in [0.15, 0.2) is 29.4 Å². The number of rotatable bonds is 8. The molecule has 2 aromatic rings. The molecule has 26 heavy (non-hydrogen) atoms. The maximum Gasteiger partial charge on any atom is 0.191 e. The summed E-state index contributed by atoms with van der Waals surface area (Å²) in [5.74, 6) is 2.38. The Morgan fingerprint density at radius 1 is 1.15 bits per heavy atom. The molecule has 0 fully saturated rings. The van der Waals surface area contributed by atoms with E-state index in [4.69, 9.17) is 0 Å². The molecule has 0 spiro atoms. The number of aryl methyl sites for hydroxylation is 2. The van der Waals surface area contributed by atoms with Crippen LogP contribution in [0.3, 0.4) is 0 Å². The second kappa shape index (κ2) is 9.94. The minimum atomic E-state index is 0.600. The molecule has 2 aromatic heterocycles. The van der Waals surface area contributed by atoms with E-state index in [1.165, 1.54) is 12.8 Å². The van der Waals surface area contributed by atoms with Gasteiger partial charge in [0.25, 0.3) is 0 Å². The van der Waals surface area contributed by atoms with Crippen LogP contribution in [0.1, 0.15) is 50.6 Å². The van der Waals surface area contributed by atoms with Gasteiger partial charge in [0, 0.05) is 25.0 Å². The molecule has 0 saturated carbocycles. The summed E-state index contributed by atoms with van der Waals surface area (Å²) in [5, 5.41) is 11.2. The predicted octanol–water partition coefficient (Wildman–Crippen LogP) is 3.38. The van der Waals surface area contributed by atoms with Crippen molar-refractivity contribution in [2.75, 3.05) is 13.1 Å². The summed E-state index contributed by atoms with van der Waals surface area (Å²) >= 11 is 0. The van der Waals surface area contributed by atoms with E-state index in [1.54, 1.807) is 0 Å². The van der Waals surface area contributed by atoms with Crippen LogP contribution in [0.2, 0.25) is 0 Å². The molecule has 0 aliphatic rings. The first kappa shape index (κ1) is 19.9. The highest BCUT2D eigenvalue weighted by Gasteiger charge is 2.06. The number of pyridine rings is 1. The molecule has 0 aliphatic heterocycles. The van der Waals surface area contributed by atoms with Gasteiger partial charge in [0.1, 0.15) is 0 Å². The Morgan fingerprint density at radius 3 is 2.46 bits per heavy atom. The van der Waals surface area contributed by atoms with Gasteiger partial charge >= 0.3 is 0 Å². The molecule has 2 heterocycles. The molecular formula is C20H32N6. The Labute approximate surface area is 157 Å². The van der Waals surface area contributed by atoms with E-state index in [-0.39, 0.29) is 0 Å². The minimum Gasteiger partial charge on any atom is -0.357 e. The standard InChI is InChI=1S/C20H32N6/c1-6-17(7-2)12-23-20(21-8-3)24-14-18-9-10-19(22-13-18)26-16(5)11-15(4)25-26/h9-11,13,17H,6-8,12,14H2,1-5H3,(H2,21,23,24). The summed E-state index contributed by atoms with van der Waals surface area (Å²) in [7, 11) is 0. The quantitative estimate of drug-likeness (QED) is 0.562.